The van der Waals surface area contributed by atoms with Gasteiger partial charge in [0.15, 0.2) is 28.3 Å². The number of allylic oxidation sites excluding steroid dienone is 1. The molecule has 2 aromatic carbocycles. The predicted molar refractivity (Wildman–Crippen MR) is 134 cm³/mol. The summed E-state index contributed by atoms with van der Waals surface area (Å²) in [6.07, 6.45) is 3.02. The second kappa shape index (κ2) is 10.5. The Kier molecular flexibility index (Phi) is 7.23. The zero-order chi connectivity index (χ0) is 24.8. The third-order valence-corrected chi connectivity index (χ3v) is 6.07. The molecule has 0 unspecified atom stereocenters. The molecule has 0 atom stereocenters. The summed E-state index contributed by atoms with van der Waals surface area (Å²) in [5, 5.41) is 0.957. The van der Waals surface area contributed by atoms with Gasteiger partial charge in [-0.25, -0.2) is 28.4 Å². The minimum Gasteiger partial charge on any atom is -0.493 e. The molecule has 2 heterocycles. The lowest BCUT2D eigenvalue weighted by atomic mass is 10.1. The number of anilines is 1. The molecule has 0 fully saturated rings. The molecule has 4 rings (SSSR count). The van der Waals surface area contributed by atoms with Gasteiger partial charge in [0.2, 0.25) is 11.6 Å². The molecule has 0 aliphatic rings. The maximum atomic E-state index is 13.1. The quantitative estimate of drug-likeness (QED) is 0.322. The molecule has 2 aromatic heterocycles. The highest BCUT2D eigenvalue weighted by Crippen LogP contribution is 2.39. The minimum absolute atomic E-state index is 0.0180. The lowest BCUT2D eigenvalue weighted by Gasteiger charge is -2.15. The third kappa shape index (κ3) is 5.92. The molecule has 178 valence electrons. The Morgan fingerprint density at radius 3 is 2.26 bits per heavy atom. The molecule has 35 heavy (non-hydrogen) atoms. The summed E-state index contributed by atoms with van der Waals surface area (Å²) in [6.45, 7) is 1.69. The SMILES string of the molecule is COc1ccccc1Oc1c(Cl)nc(-c2ncccn2)nc1NS(=O)(=O)/C=C(/C)c1ccccc1. The highest BCUT2D eigenvalue weighted by molar-refractivity contribution is 7.95. The van der Waals surface area contributed by atoms with Crippen LogP contribution in [0.2, 0.25) is 5.15 Å². The molecule has 0 saturated heterocycles. The average Bonchev–Trinajstić information content (AvgIpc) is 2.86. The van der Waals surface area contributed by atoms with Gasteiger partial charge in [-0.2, -0.15) is 0 Å². The van der Waals surface area contributed by atoms with Crippen LogP contribution in [0.1, 0.15) is 12.5 Å². The number of methoxy groups -OCH3 is 1. The highest BCUT2D eigenvalue weighted by atomic mass is 35.5. The first-order valence-corrected chi connectivity index (χ1v) is 12.2. The van der Waals surface area contributed by atoms with Gasteiger partial charge in [-0.1, -0.05) is 54.1 Å². The van der Waals surface area contributed by atoms with Crippen LogP contribution in [0.4, 0.5) is 5.82 Å². The molecule has 0 bridgehead atoms. The molecule has 4 aromatic rings. The van der Waals surface area contributed by atoms with Crippen molar-refractivity contribution in [3.63, 3.8) is 0 Å². The molecule has 0 spiro atoms. The standard InChI is InChI=1S/C24H20ClN5O4S/c1-16(17-9-4-3-5-10-17)15-35(31,32)30-22-20(34-19-12-7-6-11-18(19)33-2)21(25)28-24(29-22)23-26-13-8-14-27-23/h3-15H,1-2H3,(H,28,29,30)/b16-15-. The monoisotopic (exact) mass is 509 g/mol. The second-order valence-corrected chi connectivity index (χ2v) is 9.04. The molecule has 0 radical (unpaired) electrons. The predicted octanol–water partition coefficient (Wildman–Crippen LogP) is 5.19. The maximum absolute atomic E-state index is 13.1. The van der Waals surface area contributed by atoms with Crippen LogP contribution < -0.4 is 14.2 Å². The normalized spacial score (nSPS) is 11.7. The number of ether oxygens (including phenoxy) is 2. The number of halogens is 1. The molecular formula is C24H20ClN5O4S. The van der Waals surface area contributed by atoms with Gasteiger partial charge in [0.1, 0.15) is 0 Å². The number of aromatic nitrogens is 4. The van der Waals surface area contributed by atoms with E-state index in [9.17, 15) is 8.42 Å². The smallest absolute Gasteiger partial charge is 0.256 e. The van der Waals surface area contributed by atoms with E-state index in [2.05, 4.69) is 24.7 Å². The van der Waals surface area contributed by atoms with Crippen molar-refractivity contribution in [2.24, 2.45) is 0 Å². The summed E-state index contributed by atoms with van der Waals surface area (Å²) < 4.78 is 39.8. The van der Waals surface area contributed by atoms with Crippen LogP contribution in [0.25, 0.3) is 17.2 Å². The van der Waals surface area contributed by atoms with Crippen molar-refractivity contribution in [3.8, 4) is 28.9 Å². The number of benzene rings is 2. The van der Waals surface area contributed by atoms with Gasteiger partial charge in [-0.3, -0.25) is 4.72 Å². The molecule has 0 amide bonds. The summed E-state index contributed by atoms with van der Waals surface area (Å²) in [6, 6.07) is 17.6. The van der Waals surface area contributed by atoms with Gasteiger partial charge >= 0.3 is 0 Å². The largest absolute Gasteiger partial charge is 0.493 e. The number of sulfonamides is 1. The summed E-state index contributed by atoms with van der Waals surface area (Å²) in [5.74, 6) is 0.591. The first-order chi connectivity index (χ1) is 16.9. The van der Waals surface area contributed by atoms with Gasteiger partial charge < -0.3 is 9.47 Å². The van der Waals surface area contributed by atoms with Crippen LogP contribution in [0, 0.1) is 0 Å². The van der Waals surface area contributed by atoms with Crippen molar-refractivity contribution >= 4 is 33.0 Å². The molecular weight excluding hydrogens is 490 g/mol. The average molecular weight is 510 g/mol. The number of hydrogen-bond donors (Lipinski definition) is 1. The number of nitrogens with zero attached hydrogens (tertiary/aromatic N) is 4. The fourth-order valence-corrected chi connectivity index (χ4v) is 4.35. The summed E-state index contributed by atoms with van der Waals surface area (Å²) in [5.41, 5.74) is 1.28. The first kappa shape index (κ1) is 24.1. The van der Waals surface area contributed by atoms with Crippen LogP contribution in [0.3, 0.4) is 0 Å². The van der Waals surface area contributed by atoms with Crippen LogP contribution in [0.15, 0.2) is 78.5 Å². The Hall–Kier alpha value is -4.02. The summed E-state index contributed by atoms with van der Waals surface area (Å²) in [7, 11) is -2.56. The topological polar surface area (TPSA) is 116 Å². The number of rotatable bonds is 8. The maximum Gasteiger partial charge on any atom is 0.256 e. The van der Waals surface area contributed by atoms with E-state index >= 15 is 0 Å². The van der Waals surface area contributed by atoms with Crippen LogP contribution >= 0.6 is 11.6 Å². The van der Waals surface area contributed by atoms with E-state index in [4.69, 9.17) is 21.1 Å². The van der Waals surface area contributed by atoms with E-state index in [1.165, 1.54) is 19.5 Å². The Morgan fingerprint density at radius 2 is 1.57 bits per heavy atom. The van der Waals surface area contributed by atoms with Crippen molar-refractivity contribution in [1.29, 1.82) is 0 Å². The lowest BCUT2D eigenvalue weighted by Crippen LogP contribution is -2.13. The fraction of sp³-hybridized carbons (Fsp3) is 0.0833. The lowest BCUT2D eigenvalue weighted by molar-refractivity contribution is 0.378. The Morgan fingerprint density at radius 1 is 0.914 bits per heavy atom. The summed E-state index contributed by atoms with van der Waals surface area (Å²) in [4.78, 5) is 16.7. The third-order valence-electron chi connectivity index (χ3n) is 4.67. The fourth-order valence-electron chi connectivity index (χ4n) is 3.08. The molecule has 0 saturated carbocycles. The zero-order valence-corrected chi connectivity index (χ0v) is 20.3. The van der Waals surface area contributed by atoms with Crippen molar-refractivity contribution in [3.05, 3.63) is 89.2 Å². The highest BCUT2D eigenvalue weighted by Gasteiger charge is 2.22. The van der Waals surface area contributed by atoms with E-state index in [0.29, 0.717) is 17.1 Å². The van der Waals surface area contributed by atoms with Crippen molar-refractivity contribution in [1.82, 2.24) is 19.9 Å². The Labute approximate surface area is 207 Å². The Balaban J connectivity index is 1.79. The van der Waals surface area contributed by atoms with E-state index in [0.717, 1.165) is 11.0 Å². The number of nitrogens with one attached hydrogen (secondary N) is 1. The summed E-state index contributed by atoms with van der Waals surface area (Å²) >= 11 is 6.44. The van der Waals surface area contributed by atoms with Crippen molar-refractivity contribution in [2.45, 2.75) is 6.92 Å². The van der Waals surface area contributed by atoms with Gasteiger partial charge in [0, 0.05) is 12.4 Å². The molecule has 0 aliphatic carbocycles. The van der Waals surface area contributed by atoms with E-state index in [-0.39, 0.29) is 28.4 Å². The van der Waals surface area contributed by atoms with Crippen LogP contribution in [-0.4, -0.2) is 35.5 Å². The van der Waals surface area contributed by atoms with Gasteiger partial charge in [-0.05, 0) is 36.3 Å². The molecule has 1 N–H and O–H groups in total. The second-order valence-electron chi connectivity index (χ2n) is 7.16. The number of hydrogen-bond acceptors (Lipinski definition) is 8. The van der Waals surface area contributed by atoms with E-state index in [1.54, 1.807) is 37.3 Å². The van der Waals surface area contributed by atoms with Crippen LogP contribution in [-0.2, 0) is 10.0 Å². The van der Waals surface area contributed by atoms with Gasteiger partial charge in [-0.15, -0.1) is 0 Å². The molecule has 9 nitrogen and oxygen atoms in total. The first-order valence-electron chi connectivity index (χ1n) is 10.3. The Bertz CT molecular complexity index is 1470. The van der Waals surface area contributed by atoms with Gasteiger partial charge in [0.25, 0.3) is 10.0 Å². The van der Waals surface area contributed by atoms with E-state index < -0.39 is 10.0 Å². The van der Waals surface area contributed by atoms with E-state index in [1.807, 2.05) is 30.3 Å². The molecule has 11 heteroatoms. The minimum atomic E-state index is -4.04. The molecule has 0 aliphatic heterocycles. The zero-order valence-electron chi connectivity index (χ0n) is 18.7. The van der Waals surface area contributed by atoms with Gasteiger partial charge in [0.05, 0.1) is 12.5 Å². The van der Waals surface area contributed by atoms with Crippen molar-refractivity contribution in [2.75, 3.05) is 11.8 Å². The number of para-hydroxylation sites is 2. The van der Waals surface area contributed by atoms with Crippen LogP contribution in [0.5, 0.6) is 17.2 Å². The van der Waals surface area contributed by atoms with Crippen molar-refractivity contribution < 1.29 is 17.9 Å².